The number of hydrogen-bond acceptors (Lipinski definition) is 6. The van der Waals surface area contributed by atoms with Crippen molar-refractivity contribution in [1.29, 1.82) is 0 Å². The summed E-state index contributed by atoms with van der Waals surface area (Å²) in [6.45, 7) is -0.0500. The van der Waals surface area contributed by atoms with Gasteiger partial charge >= 0.3 is 6.18 Å². The third-order valence-electron chi connectivity index (χ3n) is 6.99. The van der Waals surface area contributed by atoms with Crippen LogP contribution in [0.5, 0.6) is 0 Å². The topological polar surface area (TPSA) is 115 Å². The van der Waals surface area contributed by atoms with Crippen molar-refractivity contribution in [3.05, 3.63) is 59.6 Å². The van der Waals surface area contributed by atoms with Crippen molar-refractivity contribution >= 4 is 11.8 Å². The minimum absolute atomic E-state index is 0.0291. The van der Waals surface area contributed by atoms with Crippen molar-refractivity contribution in [2.75, 3.05) is 13.1 Å². The molecule has 3 aromatic rings. The predicted molar refractivity (Wildman–Crippen MR) is 125 cm³/mol. The molecule has 0 bridgehead atoms. The van der Waals surface area contributed by atoms with Gasteiger partial charge in [-0.25, -0.2) is 13.5 Å². The van der Waals surface area contributed by atoms with E-state index >= 15 is 0 Å². The molecule has 2 amide bonds. The van der Waals surface area contributed by atoms with Gasteiger partial charge in [0.1, 0.15) is 5.92 Å². The molecule has 39 heavy (non-hydrogen) atoms. The van der Waals surface area contributed by atoms with Gasteiger partial charge in [0.25, 0.3) is 11.8 Å². The molecule has 2 aromatic heterocycles. The summed E-state index contributed by atoms with van der Waals surface area (Å²) in [6, 6.07) is 8.10. The molecule has 0 aliphatic heterocycles. The lowest BCUT2D eigenvalue weighted by Gasteiger charge is -2.25. The molecule has 2 saturated carbocycles. The van der Waals surface area contributed by atoms with Crippen LogP contribution in [-0.4, -0.2) is 50.8 Å². The molecule has 2 heterocycles. The second-order valence-corrected chi connectivity index (χ2v) is 9.76. The highest BCUT2D eigenvalue weighted by Gasteiger charge is 2.61. The first-order chi connectivity index (χ1) is 18.5. The number of para-hydroxylation sites is 1. The Morgan fingerprint density at radius 1 is 1.00 bits per heavy atom. The van der Waals surface area contributed by atoms with Crippen LogP contribution in [0.1, 0.15) is 71.8 Å². The first-order valence-corrected chi connectivity index (χ1v) is 12.5. The molecule has 0 radical (unpaired) electrons. The Labute approximate surface area is 219 Å². The van der Waals surface area contributed by atoms with E-state index in [2.05, 4.69) is 25.9 Å². The third-order valence-corrected chi connectivity index (χ3v) is 6.99. The molecule has 2 N–H and O–H groups in total. The minimum Gasteiger partial charge on any atom is -0.424 e. The van der Waals surface area contributed by atoms with Gasteiger partial charge in [-0.15, -0.1) is 10.2 Å². The maximum Gasteiger partial charge on any atom is 0.435 e. The van der Waals surface area contributed by atoms with Crippen LogP contribution in [0, 0.1) is 5.92 Å². The maximum absolute atomic E-state index is 13.5. The van der Waals surface area contributed by atoms with E-state index in [-0.39, 0.29) is 43.1 Å². The fraction of sp³-hybridized carbons (Fsp3) is 0.480. The van der Waals surface area contributed by atoms with Crippen molar-refractivity contribution in [2.45, 2.75) is 56.0 Å². The number of rotatable bonds is 8. The van der Waals surface area contributed by atoms with E-state index in [1.807, 2.05) is 0 Å². The first kappa shape index (κ1) is 26.8. The third kappa shape index (κ3) is 5.93. The van der Waals surface area contributed by atoms with E-state index < -0.39 is 35.2 Å². The van der Waals surface area contributed by atoms with Crippen LogP contribution < -0.4 is 10.6 Å². The molecule has 208 valence electrons. The maximum atomic E-state index is 13.5. The number of nitrogens with zero attached hydrogens (tertiary/aromatic N) is 4. The van der Waals surface area contributed by atoms with E-state index in [9.17, 15) is 31.5 Å². The zero-order valence-corrected chi connectivity index (χ0v) is 20.5. The monoisotopic (exact) mass is 552 g/mol. The number of halogens is 5. The Morgan fingerprint density at radius 2 is 1.64 bits per heavy atom. The van der Waals surface area contributed by atoms with Gasteiger partial charge in [-0.2, -0.15) is 18.3 Å². The lowest BCUT2D eigenvalue weighted by Crippen LogP contribution is -2.38. The van der Waals surface area contributed by atoms with Gasteiger partial charge in [0.05, 0.1) is 11.3 Å². The number of carbonyl (C=O) groups excluding carboxylic acids is 2. The molecule has 2 fully saturated rings. The Balaban J connectivity index is 1.08. The zero-order valence-electron chi connectivity index (χ0n) is 20.5. The number of alkyl halides is 5. The van der Waals surface area contributed by atoms with Crippen LogP contribution >= 0.6 is 0 Å². The van der Waals surface area contributed by atoms with Crippen LogP contribution in [0.3, 0.4) is 0 Å². The lowest BCUT2D eigenvalue weighted by atomic mass is 9.81. The summed E-state index contributed by atoms with van der Waals surface area (Å²) in [7, 11) is 0. The summed E-state index contributed by atoms with van der Waals surface area (Å²) < 4.78 is 73.3. The number of carbonyl (C=O) groups is 2. The molecule has 5 rings (SSSR count). The van der Waals surface area contributed by atoms with Crippen molar-refractivity contribution < 1.29 is 36.0 Å². The molecular formula is C25H25F5N6O3. The normalized spacial score (nSPS) is 22.3. The lowest BCUT2D eigenvalue weighted by molar-refractivity contribution is -0.141. The quantitative estimate of drug-likeness (QED) is 0.320. The smallest absolute Gasteiger partial charge is 0.424 e. The molecular weight excluding hydrogens is 527 g/mol. The Hall–Kier alpha value is -3.84. The Morgan fingerprint density at radius 3 is 2.28 bits per heavy atom. The average Bonchev–Trinajstić information content (AvgIpc) is 3.29. The molecule has 1 atom stereocenters. The second kappa shape index (κ2) is 10.4. The molecule has 2 aliphatic rings. The Kier molecular flexibility index (Phi) is 7.12. The zero-order chi connectivity index (χ0) is 27.8. The van der Waals surface area contributed by atoms with Crippen LogP contribution in [0.25, 0.3) is 5.69 Å². The fourth-order valence-electron chi connectivity index (χ4n) is 4.70. The molecule has 2 aliphatic carbocycles. The number of hydrogen-bond donors (Lipinski definition) is 2. The van der Waals surface area contributed by atoms with Gasteiger partial charge in [0.2, 0.25) is 17.7 Å². The number of amides is 2. The summed E-state index contributed by atoms with van der Waals surface area (Å²) in [6.07, 6.45) is -1.91. The molecule has 14 heteroatoms. The van der Waals surface area contributed by atoms with E-state index in [4.69, 9.17) is 4.42 Å². The van der Waals surface area contributed by atoms with Crippen molar-refractivity contribution in [1.82, 2.24) is 30.6 Å². The highest BCUT2D eigenvalue weighted by molar-refractivity contribution is 5.95. The number of aromatic nitrogens is 4. The predicted octanol–water partition coefficient (Wildman–Crippen LogP) is 4.22. The van der Waals surface area contributed by atoms with Gasteiger partial charge in [0, 0.05) is 37.5 Å². The minimum atomic E-state index is -4.83. The van der Waals surface area contributed by atoms with Gasteiger partial charge in [0.15, 0.2) is 5.69 Å². The van der Waals surface area contributed by atoms with Gasteiger partial charge in [-0.1, -0.05) is 18.2 Å². The highest BCUT2D eigenvalue weighted by Crippen LogP contribution is 2.55. The van der Waals surface area contributed by atoms with Crippen LogP contribution in [-0.2, 0) is 11.0 Å². The van der Waals surface area contributed by atoms with Crippen molar-refractivity contribution in [2.24, 2.45) is 5.92 Å². The van der Waals surface area contributed by atoms with Crippen molar-refractivity contribution in [3.63, 3.8) is 0 Å². The first-order valence-electron chi connectivity index (χ1n) is 12.5. The average molecular weight is 553 g/mol. The van der Waals surface area contributed by atoms with Gasteiger partial charge < -0.3 is 15.1 Å². The number of benzene rings is 1. The SMILES string of the molecule is O=C(NCCNC(=O)[C@H]1CC[C@H](c2nnc(C3CC3(F)F)o2)CC1)c1cn(-c2ccccc2)nc1C(F)(F)F. The van der Waals surface area contributed by atoms with Crippen molar-refractivity contribution in [3.8, 4) is 5.69 Å². The van der Waals surface area contributed by atoms with E-state index in [1.54, 1.807) is 30.3 Å². The molecule has 0 saturated heterocycles. The summed E-state index contributed by atoms with van der Waals surface area (Å²) in [4.78, 5) is 25.1. The van der Waals surface area contributed by atoms with E-state index in [0.29, 0.717) is 37.3 Å². The Bertz CT molecular complexity index is 1330. The highest BCUT2D eigenvalue weighted by atomic mass is 19.4. The summed E-state index contributed by atoms with van der Waals surface area (Å²) >= 11 is 0. The van der Waals surface area contributed by atoms with Gasteiger partial charge in [-0.05, 0) is 37.8 Å². The standard InChI is InChI=1S/C25H25F5N6O3/c26-24(27)12-18(24)23-34-33-22(39-23)15-8-6-14(7-9-15)20(37)31-10-11-32-21(38)17-13-36(16-4-2-1-3-5-16)35-19(17)25(28,29)30/h1-5,13-15,18H,6-12H2,(H,31,37)(H,32,38)/t14-,15-,18?. The summed E-state index contributed by atoms with van der Waals surface area (Å²) in [5.74, 6) is -5.14. The van der Waals surface area contributed by atoms with Crippen LogP contribution in [0.4, 0.5) is 22.0 Å². The van der Waals surface area contributed by atoms with Crippen LogP contribution in [0.15, 0.2) is 40.9 Å². The number of nitrogens with one attached hydrogen (secondary N) is 2. The molecule has 9 nitrogen and oxygen atoms in total. The van der Waals surface area contributed by atoms with Gasteiger partial charge in [-0.3, -0.25) is 9.59 Å². The molecule has 0 spiro atoms. The largest absolute Gasteiger partial charge is 0.435 e. The fourth-order valence-corrected chi connectivity index (χ4v) is 4.70. The van der Waals surface area contributed by atoms with Crippen LogP contribution in [0.2, 0.25) is 0 Å². The van der Waals surface area contributed by atoms with E-state index in [1.165, 1.54) is 0 Å². The molecule has 1 unspecified atom stereocenters. The van der Waals surface area contributed by atoms with E-state index in [0.717, 1.165) is 10.9 Å². The summed E-state index contributed by atoms with van der Waals surface area (Å²) in [5, 5.41) is 16.3. The summed E-state index contributed by atoms with van der Waals surface area (Å²) in [5.41, 5.74) is -1.55. The second-order valence-electron chi connectivity index (χ2n) is 9.76. The molecule has 1 aromatic carbocycles.